The van der Waals surface area contributed by atoms with E-state index in [1.54, 1.807) is 12.1 Å². The van der Waals surface area contributed by atoms with Gasteiger partial charge in [-0.25, -0.2) is 9.67 Å². The van der Waals surface area contributed by atoms with E-state index in [1.807, 2.05) is 17.8 Å². The summed E-state index contributed by atoms with van der Waals surface area (Å²) in [5.74, 6) is 0.622. The SMILES string of the molecule is CCn1ncc2c(NC(C)C3CCCCC3)c3cc([N+](=O)[O-])ccc3nc21. The maximum Gasteiger partial charge on any atom is 0.270 e. The number of rotatable bonds is 5. The van der Waals surface area contributed by atoms with Gasteiger partial charge in [-0.15, -0.1) is 0 Å². The molecule has 142 valence electrons. The van der Waals surface area contributed by atoms with Gasteiger partial charge in [-0.05, 0) is 38.7 Å². The van der Waals surface area contributed by atoms with E-state index in [1.165, 1.54) is 38.2 Å². The van der Waals surface area contributed by atoms with Crippen LogP contribution in [0.15, 0.2) is 24.4 Å². The summed E-state index contributed by atoms with van der Waals surface area (Å²) in [5, 5.41) is 21.1. The van der Waals surface area contributed by atoms with Crippen molar-refractivity contribution in [1.29, 1.82) is 0 Å². The molecule has 0 amide bonds. The molecule has 1 saturated carbocycles. The molecule has 27 heavy (non-hydrogen) atoms. The highest BCUT2D eigenvalue weighted by Gasteiger charge is 2.23. The zero-order valence-corrected chi connectivity index (χ0v) is 15.8. The molecule has 7 heteroatoms. The highest BCUT2D eigenvalue weighted by atomic mass is 16.6. The summed E-state index contributed by atoms with van der Waals surface area (Å²) in [5.41, 5.74) is 2.57. The highest BCUT2D eigenvalue weighted by Crippen LogP contribution is 2.35. The summed E-state index contributed by atoms with van der Waals surface area (Å²) in [6.45, 7) is 4.98. The van der Waals surface area contributed by atoms with E-state index in [9.17, 15) is 10.1 Å². The predicted molar refractivity (Wildman–Crippen MR) is 107 cm³/mol. The molecule has 1 N–H and O–H groups in total. The van der Waals surface area contributed by atoms with E-state index in [2.05, 4.69) is 17.3 Å². The highest BCUT2D eigenvalue weighted by molar-refractivity contribution is 6.07. The van der Waals surface area contributed by atoms with Crippen molar-refractivity contribution in [2.45, 2.75) is 58.5 Å². The molecule has 2 heterocycles. The summed E-state index contributed by atoms with van der Waals surface area (Å²) in [7, 11) is 0. The lowest BCUT2D eigenvalue weighted by molar-refractivity contribution is -0.384. The van der Waals surface area contributed by atoms with Gasteiger partial charge in [-0.3, -0.25) is 10.1 Å². The fourth-order valence-electron chi connectivity index (χ4n) is 4.23. The first-order chi connectivity index (χ1) is 13.1. The van der Waals surface area contributed by atoms with E-state index >= 15 is 0 Å². The number of pyridine rings is 1. The van der Waals surface area contributed by atoms with Crippen molar-refractivity contribution >= 4 is 33.3 Å². The smallest absolute Gasteiger partial charge is 0.270 e. The Kier molecular flexibility index (Phi) is 4.68. The predicted octanol–water partition coefficient (Wildman–Crippen LogP) is 4.89. The third-order valence-corrected chi connectivity index (χ3v) is 5.80. The van der Waals surface area contributed by atoms with E-state index in [0.29, 0.717) is 12.0 Å². The minimum Gasteiger partial charge on any atom is -0.381 e. The number of hydrogen-bond acceptors (Lipinski definition) is 5. The van der Waals surface area contributed by atoms with Gasteiger partial charge < -0.3 is 5.32 Å². The second kappa shape index (κ2) is 7.13. The molecule has 0 spiro atoms. The molecule has 1 aliphatic carbocycles. The molecule has 1 aliphatic rings. The number of nitro benzene ring substituents is 1. The van der Waals surface area contributed by atoms with Gasteiger partial charge in [0.15, 0.2) is 5.65 Å². The van der Waals surface area contributed by atoms with Crippen molar-refractivity contribution in [2.75, 3.05) is 5.32 Å². The second-order valence-corrected chi connectivity index (χ2v) is 7.47. The van der Waals surface area contributed by atoms with Crippen LogP contribution < -0.4 is 5.32 Å². The molecule has 0 saturated heterocycles. The zero-order chi connectivity index (χ0) is 19.0. The van der Waals surface area contributed by atoms with Gasteiger partial charge in [0.2, 0.25) is 0 Å². The Hall–Kier alpha value is -2.70. The number of fused-ring (bicyclic) bond motifs is 2. The number of non-ortho nitro benzene ring substituents is 1. The number of aromatic nitrogens is 3. The van der Waals surface area contributed by atoms with Crippen LogP contribution in [0.4, 0.5) is 11.4 Å². The van der Waals surface area contributed by atoms with Gasteiger partial charge in [0, 0.05) is 30.1 Å². The number of hydrogen-bond donors (Lipinski definition) is 1. The molecule has 1 fully saturated rings. The molecule has 7 nitrogen and oxygen atoms in total. The largest absolute Gasteiger partial charge is 0.381 e. The van der Waals surface area contributed by atoms with Crippen molar-refractivity contribution < 1.29 is 4.92 Å². The lowest BCUT2D eigenvalue weighted by Gasteiger charge is -2.29. The topological polar surface area (TPSA) is 85.9 Å². The number of nitro groups is 1. The average Bonchev–Trinajstić information content (AvgIpc) is 3.10. The molecule has 3 aromatic rings. The Morgan fingerprint density at radius 1 is 1.30 bits per heavy atom. The summed E-state index contributed by atoms with van der Waals surface area (Å²) in [6, 6.07) is 5.17. The molecule has 0 radical (unpaired) electrons. The lowest BCUT2D eigenvalue weighted by Crippen LogP contribution is -2.27. The molecule has 4 rings (SSSR count). The van der Waals surface area contributed by atoms with Crippen molar-refractivity contribution in [3.05, 3.63) is 34.5 Å². The quantitative estimate of drug-likeness (QED) is 0.512. The minimum atomic E-state index is -0.354. The molecule has 1 atom stereocenters. The number of nitrogens with one attached hydrogen (secondary N) is 1. The molecule has 0 bridgehead atoms. The summed E-state index contributed by atoms with van der Waals surface area (Å²) >= 11 is 0. The number of benzene rings is 1. The number of nitrogens with zero attached hydrogens (tertiary/aromatic N) is 4. The average molecular weight is 367 g/mol. The van der Waals surface area contributed by atoms with Crippen molar-refractivity contribution in [1.82, 2.24) is 14.8 Å². The summed E-state index contributed by atoms with van der Waals surface area (Å²) in [4.78, 5) is 15.7. The molecular formula is C20H25N5O2. The van der Waals surface area contributed by atoms with E-state index in [-0.39, 0.29) is 10.6 Å². The fraction of sp³-hybridized carbons (Fsp3) is 0.500. The monoisotopic (exact) mass is 367 g/mol. The Morgan fingerprint density at radius 3 is 2.78 bits per heavy atom. The van der Waals surface area contributed by atoms with Gasteiger partial charge in [0.1, 0.15) is 0 Å². The van der Waals surface area contributed by atoms with E-state index in [4.69, 9.17) is 4.98 Å². The normalized spacial score (nSPS) is 16.7. The molecule has 2 aromatic heterocycles. The fourth-order valence-corrected chi connectivity index (χ4v) is 4.23. The van der Waals surface area contributed by atoms with Gasteiger partial charge in [-0.1, -0.05) is 19.3 Å². The number of aryl methyl sites for hydroxylation is 1. The molecule has 0 aliphatic heterocycles. The third kappa shape index (κ3) is 3.22. The van der Waals surface area contributed by atoms with Crippen LogP contribution in [0, 0.1) is 16.0 Å². The first-order valence-electron chi connectivity index (χ1n) is 9.78. The maximum absolute atomic E-state index is 11.3. The van der Waals surface area contributed by atoms with Crippen LogP contribution in [0.1, 0.15) is 46.0 Å². The van der Waals surface area contributed by atoms with Gasteiger partial charge in [0.25, 0.3) is 5.69 Å². The Labute approximate surface area is 157 Å². The summed E-state index contributed by atoms with van der Waals surface area (Å²) < 4.78 is 1.87. The minimum absolute atomic E-state index is 0.0832. The first-order valence-corrected chi connectivity index (χ1v) is 9.78. The Bertz CT molecular complexity index is 991. The Balaban J connectivity index is 1.85. The van der Waals surface area contributed by atoms with E-state index < -0.39 is 0 Å². The second-order valence-electron chi connectivity index (χ2n) is 7.47. The Morgan fingerprint density at radius 2 is 2.07 bits per heavy atom. The van der Waals surface area contributed by atoms with Crippen LogP contribution in [0.2, 0.25) is 0 Å². The van der Waals surface area contributed by atoms with Crippen LogP contribution in [0.5, 0.6) is 0 Å². The molecule has 1 unspecified atom stereocenters. The van der Waals surface area contributed by atoms with Crippen LogP contribution in [0.3, 0.4) is 0 Å². The van der Waals surface area contributed by atoms with E-state index in [0.717, 1.165) is 34.2 Å². The van der Waals surface area contributed by atoms with Crippen LogP contribution in [-0.4, -0.2) is 25.7 Å². The molecular weight excluding hydrogens is 342 g/mol. The van der Waals surface area contributed by atoms with Crippen molar-refractivity contribution in [3.63, 3.8) is 0 Å². The number of anilines is 1. The maximum atomic E-state index is 11.3. The van der Waals surface area contributed by atoms with Gasteiger partial charge in [-0.2, -0.15) is 5.10 Å². The van der Waals surface area contributed by atoms with Crippen molar-refractivity contribution in [3.8, 4) is 0 Å². The standard InChI is InChI=1S/C20H25N5O2/c1-3-24-20-17(12-21-24)19(22-13(2)14-7-5-4-6-8-14)16-11-15(25(26)27)9-10-18(16)23-20/h9-14H,3-8H2,1-2H3,(H,22,23). The van der Waals surface area contributed by atoms with Crippen molar-refractivity contribution in [2.24, 2.45) is 5.92 Å². The van der Waals surface area contributed by atoms with Crippen LogP contribution in [-0.2, 0) is 6.54 Å². The van der Waals surface area contributed by atoms with Crippen LogP contribution in [0.25, 0.3) is 21.9 Å². The third-order valence-electron chi connectivity index (χ3n) is 5.80. The first kappa shape index (κ1) is 17.7. The van der Waals surface area contributed by atoms with Crippen LogP contribution >= 0.6 is 0 Å². The zero-order valence-electron chi connectivity index (χ0n) is 15.8. The van der Waals surface area contributed by atoms with Gasteiger partial charge in [0.05, 0.1) is 27.7 Å². The molecule has 1 aromatic carbocycles. The van der Waals surface area contributed by atoms with Gasteiger partial charge >= 0.3 is 0 Å². The summed E-state index contributed by atoms with van der Waals surface area (Å²) in [6.07, 6.45) is 8.16. The lowest BCUT2D eigenvalue weighted by atomic mass is 9.84.